The number of nitrogens with one attached hydrogen (secondary N) is 1. The number of H-pyrrole nitrogens is 1. The second-order valence-electron chi connectivity index (χ2n) is 4.30. The molecule has 0 radical (unpaired) electrons. The first-order chi connectivity index (χ1) is 9.20. The van der Waals surface area contributed by atoms with Crippen LogP contribution in [0, 0.1) is 11.3 Å². The van der Waals surface area contributed by atoms with Crippen LogP contribution < -0.4 is 9.80 Å². The maximum Gasteiger partial charge on any atom is 0.134 e. The van der Waals surface area contributed by atoms with Gasteiger partial charge in [0.2, 0.25) is 0 Å². The van der Waals surface area contributed by atoms with Crippen molar-refractivity contribution < 1.29 is 0 Å². The van der Waals surface area contributed by atoms with Crippen molar-refractivity contribution in [2.75, 3.05) is 30.4 Å². The van der Waals surface area contributed by atoms with E-state index in [9.17, 15) is 0 Å². The van der Waals surface area contributed by atoms with E-state index in [0.29, 0.717) is 6.54 Å². The van der Waals surface area contributed by atoms with Gasteiger partial charge in [-0.3, -0.25) is 0 Å². The minimum absolute atomic E-state index is 0.302. The summed E-state index contributed by atoms with van der Waals surface area (Å²) < 4.78 is 0. The molecule has 0 atom stereocenters. The van der Waals surface area contributed by atoms with Gasteiger partial charge in [-0.15, -0.1) is 0 Å². The fraction of sp³-hybridized carbons (Fsp3) is 0.308. The predicted octanol–water partition coefficient (Wildman–Crippen LogP) is 1.40. The van der Waals surface area contributed by atoms with E-state index in [1.165, 1.54) is 6.33 Å². The Morgan fingerprint density at radius 1 is 1.26 bits per heavy atom. The molecule has 2 heterocycles. The SMILES string of the molecule is CN(CC#N)c1cc(N(C)Cc2ccc[nH]2)ncn1. The molecule has 0 unspecified atom stereocenters. The number of rotatable bonds is 5. The molecule has 6 heteroatoms. The summed E-state index contributed by atoms with van der Waals surface area (Å²) in [6.45, 7) is 1.04. The Bertz CT molecular complexity index is 557. The zero-order valence-corrected chi connectivity index (χ0v) is 11.0. The number of hydrogen-bond acceptors (Lipinski definition) is 5. The summed E-state index contributed by atoms with van der Waals surface area (Å²) in [5.74, 6) is 1.56. The molecule has 6 nitrogen and oxygen atoms in total. The molecule has 0 spiro atoms. The van der Waals surface area contributed by atoms with Gasteiger partial charge in [0.15, 0.2) is 0 Å². The molecule has 98 valence electrons. The zero-order valence-electron chi connectivity index (χ0n) is 11.0. The summed E-state index contributed by atoms with van der Waals surface area (Å²) in [4.78, 5) is 15.4. The maximum atomic E-state index is 8.70. The second kappa shape index (κ2) is 5.87. The summed E-state index contributed by atoms with van der Waals surface area (Å²) in [7, 11) is 3.80. The molecule has 0 amide bonds. The van der Waals surface area contributed by atoms with Gasteiger partial charge in [-0.2, -0.15) is 5.26 Å². The molecule has 2 rings (SSSR count). The molecular formula is C13H16N6. The van der Waals surface area contributed by atoms with Gasteiger partial charge in [-0.25, -0.2) is 9.97 Å². The lowest BCUT2D eigenvalue weighted by Gasteiger charge is -2.20. The summed E-state index contributed by atoms with van der Waals surface area (Å²) in [6, 6.07) is 7.97. The molecule has 1 N–H and O–H groups in total. The van der Waals surface area contributed by atoms with Gasteiger partial charge in [0.05, 0.1) is 12.6 Å². The smallest absolute Gasteiger partial charge is 0.134 e. The Labute approximate surface area is 112 Å². The monoisotopic (exact) mass is 256 g/mol. The van der Waals surface area contributed by atoms with Gasteiger partial charge in [-0.05, 0) is 12.1 Å². The molecule has 0 aliphatic carbocycles. The normalized spacial score (nSPS) is 9.95. The molecule has 0 fully saturated rings. The maximum absolute atomic E-state index is 8.70. The number of aromatic amines is 1. The van der Waals surface area contributed by atoms with Crippen LogP contribution in [0.3, 0.4) is 0 Å². The Hall–Kier alpha value is -2.55. The molecule has 0 aliphatic heterocycles. The van der Waals surface area contributed by atoms with E-state index >= 15 is 0 Å². The van der Waals surface area contributed by atoms with E-state index in [1.807, 2.05) is 43.4 Å². The van der Waals surface area contributed by atoms with E-state index < -0.39 is 0 Å². The lowest BCUT2D eigenvalue weighted by molar-refractivity contribution is 0.863. The molecule has 2 aromatic heterocycles. The number of hydrogen-bond donors (Lipinski definition) is 1. The lowest BCUT2D eigenvalue weighted by Crippen LogP contribution is -2.21. The van der Waals surface area contributed by atoms with Crippen LogP contribution in [-0.2, 0) is 6.54 Å². The Morgan fingerprint density at radius 3 is 2.63 bits per heavy atom. The van der Waals surface area contributed by atoms with Crippen molar-refractivity contribution in [1.82, 2.24) is 15.0 Å². The summed E-state index contributed by atoms with van der Waals surface area (Å²) in [6.07, 6.45) is 3.42. The number of anilines is 2. The van der Waals surface area contributed by atoms with Gasteiger partial charge in [0.1, 0.15) is 24.5 Å². The molecular weight excluding hydrogens is 240 g/mol. The minimum Gasteiger partial charge on any atom is -0.364 e. The fourth-order valence-corrected chi connectivity index (χ4v) is 1.74. The highest BCUT2D eigenvalue weighted by Gasteiger charge is 2.08. The molecule has 0 aliphatic rings. The van der Waals surface area contributed by atoms with Crippen LogP contribution >= 0.6 is 0 Å². The average molecular weight is 256 g/mol. The predicted molar refractivity (Wildman–Crippen MR) is 73.8 cm³/mol. The van der Waals surface area contributed by atoms with Gasteiger partial charge in [-0.1, -0.05) is 0 Å². The first kappa shape index (κ1) is 12.9. The van der Waals surface area contributed by atoms with Crippen LogP contribution in [0.2, 0.25) is 0 Å². The van der Waals surface area contributed by atoms with E-state index in [1.54, 1.807) is 4.90 Å². The third kappa shape index (κ3) is 3.22. The lowest BCUT2D eigenvalue weighted by atomic mass is 10.4. The summed E-state index contributed by atoms with van der Waals surface area (Å²) >= 11 is 0. The number of nitrogens with zero attached hydrogens (tertiary/aromatic N) is 5. The van der Waals surface area contributed by atoms with E-state index in [-0.39, 0.29) is 0 Å². The second-order valence-corrected chi connectivity index (χ2v) is 4.30. The molecule has 2 aromatic rings. The van der Waals surface area contributed by atoms with Gasteiger partial charge in [0.25, 0.3) is 0 Å². The van der Waals surface area contributed by atoms with Crippen molar-refractivity contribution in [3.05, 3.63) is 36.4 Å². The largest absolute Gasteiger partial charge is 0.364 e. The average Bonchev–Trinajstić information content (AvgIpc) is 2.92. The van der Waals surface area contributed by atoms with Crippen LogP contribution in [-0.4, -0.2) is 35.6 Å². The van der Waals surface area contributed by atoms with Crippen molar-refractivity contribution >= 4 is 11.6 Å². The van der Waals surface area contributed by atoms with Crippen molar-refractivity contribution in [3.8, 4) is 6.07 Å². The van der Waals surface area contributed by atoms with Gasteiger partial charge >= 0.3 is 0 Å². The fourth-order valence-electron chi connectivity index (χ4n) is 1.74. The van der Waals surface area contributed by atoms with Crippen molar-refractivity contribution in [3.63, 3.8) is 0 Å². The van der Waals surface area contributed by atoms with E-state index in [4.69, 9.17) is 5.26 Å². The number of nitriles is 1. The Morgan fingerprint density at radius 2 is 2.00 bits per heavy atom. The van der Waals surface area contributed by atoms with Crippen molar-refractivity contribution in [2.45, 2.75) is 6.54 Å². The first-order valence-corrected chi connectivity index (χ1v) is 5.94. The zero-order chi connectivity index (χ0) is 13.7. The molecule has 0 aromatic carbocycles. The van der Waals surface area contributed by atoms with E-state index in [2.05, 4.69) is 21.0 Å². The van der Waals surface area contributed by atoms with Gasteiger partial charge < -0.3 is 14.8 Å². The van der Waals surface area contributed by atoms with Crippen LogP contribution in [0.5, 0.6) is 0 Å². The standard InChI is InChI=1S/C13H16N6/c1-18(7-5-14)12-8-13(17-10-16-12)19(2)9-11-4-3-6-15-11/h3-4,6,8,10,15H,7,9H2,1-2H3. The van der Waals surface area contributed by atoms with Crippen LogP contribution in [0.1, 0.15) is 5.69 Å². The molecule has 0 saturated heterocycles. The minimum atomic E-state index is 0.302. The summed E-state index contributed by atoms with van der Waals surface area (Å²) in [5.41, 5.74) is 1.12. The first-order valence-electron chi connectivity index (χ1n) is 5.94. The quantitative estimate of drug-likeness (QED) is 0.819. The summed E-state index contributed by atoms with van der Waals surface area (Å²) in [5, 5.41) is 8.70. The third-order valence-electron chi connectivity index (χ3n) is 2.80. The third-order valence-corrected chi connectivity index (χ3v) is 2.80. The number of aromatic nitrogens is 3. The molecule has 0 bridgehead atoms. The highest BCUT2D eigenvalue weighted by Crippen LogP contribution is 2.16. The van der Waals surface area contributed by atoms with Crippen LogP contribution in [0.25, 0.3) is 0 Å². The van der Waals surface area contributed by atoms with Crippen molar-refractivity contribution in [1.29, 1.82) is 5.26 Å². The van der Waals surface area contributed by atoms with Crippen molar-refractivity contribution in [2.24, 2.45) is 0 Å². The molecule has 19 heavy (non-hydrogen) atoms. The van der Waals surface area contributed by atoms with E-state index in [0.717, 1.165) is 23.9 Å². The van der Waals surface area contributed by atoms with Crippen LogP contribution in [0.15, 0.2) is 30.7 Å². The van der Waals surface area contributed by atoms with Crippen LogP contribution in [0.4, 0.5) is 11.6 Å². The highest BCUT2D eigenvalue weighted by molar-refractivity contribution is 5.49. The Balaban J connectivity index is 2.12. The topological polar surface area (TPSA) is 71.8 Å². The van der Waals surface area contributed by atoms with Gasteiger partial charge in [0, 0.05) is 32.1 Å². The highest BCUT2D eigenvalue weighted by atomic mass is 15.2. The molecule has 0 saturated carbocycles. The Kier molecular flexibility index (Phi) is 3.98.